The van der Waals surface area contributed by atoms with Gasteiger partial charge in [-0.1, -0.05) is 0 Å². The number of hydrogen-bond donors (Lipinski definition) is 10. The zero-order chi connectivity index (χ0) is 27.4. The van der Waals surface area contributed by atoms with E-state index < -0.39 is 77.2 Å². The number of rotatable bonds is 6. The quantitative estimate of drug-likeness (QED) is 0.141. The second kappa shape index (κ2) is 12.7. The third-order valence-corrected chi connectivity index (χ3v) is 6.22. The molecule has 0 spiro atoms. The lowest BCUT2D eigenvalue weighted by Gasteiger charge is -2.48. The van der Waals surface area contributed by atoms with Gasteiger partial charge in [-0.05, 0) is 32.9 Å². The molecule has 14 N–H and O–H groups in total. The molecule has 0 unspecified atom stereocenters. The number of nitrogens with one attached hydrogen (secondary N) is 1. The molecule has 3 aliphatic rings. The fourth-order valence-corrected chi connectivity index (χ4v) is 4.44. The van der Waals surface area contributed by atoms with Gasteiger partial charge in [-0.2, -0.15) is 8.42 Å². The molecule has 0 radical (unpaired) electrons. The molecule has 0 aromatic rings. The van der Waals surface area contributed by atoms with Gasteiger partial charge >= 0.3 is 10.4 Å². The van der Waals surface area contributed by atoms with E-state index in [0.29, 0.717) is 18.6 Å². The first-order valence-corrected chi connectivity index (χ1v) is 12.7. The monoisotopic (exact) mass is 545 g/mol. The van der Waals surface area contributed by atoms with E-state index in [4.69, 9.17) is 59.4 Å². The smallest absolute Gasteiger partial charge is 0.394 e. The van der Waals surface area contributed by atoms with Crippen LogP contribution in [-0.2, 0) is 29.3 Å². The lowest BCUT2D eigenvalue weighted by atomic mass is 9.84. The van der Waals surface area contributed by atoms with E-state index in [9.17, 15) is 15.3 Å². The van der Waals surface area contributed by atoms with E-state index in [-0.39, 0.29) is 13.2 Å². The zero-order valence-electron chi connectivity index (χ0n) is 20.1. The summed E-state index contributed by atoms with van der Waals surface area (Å²) in [5.41, 5.74) is 22.9. The summed E-state index contributed by atoms with van der Waals surface area (Å²) in [6.45, 7) is 1.68. The Kier molecular flexibility index (Phi) is 11.0. The molecular formula is C19H39N5O11S. The van der Waals surface area contributed by atoms with Crippen LogP contribution in [0.4, 0.5) is 0 Å². The van der Waals surface area contributed by atoms with Crippen molar-refractivity contribution in [3.63, 3.8) is 0 Å². The first kappa shape index (κ1) is 31.2. The molecule has 1 aliphatic carbocycles. The highest BCUT2D eigenvalue weighted by Crippen LogP contribution is 2.31. The molecule has 0 aromatic heterocycles. The molecule has 0 aromatic carbocycles. The summed E-state index contributed by atoms with van der Waals surface area (Å²) >= 11 is 0. The highest BCUT2D eigenvalue weighted by atomic mass is 32.3. The molecular weight excluding hydrogens is 506 g/mol. The van der Waals surface area contributed by atoms with E-state index in [1.54, 1.807) is 20.0 Å². The van der Waals surface area contributed by atoms with Crippen LogP contribution >= 0.6 is 0 Å². The first-order chi connectivity index (χ1) is 16.6. The zero-order valence-corrected chi connectivity index (χ0v) is 20.9. The summed E-state index contributed by atoms with van der Waals surface area (Å²) < 4.78 is 54.6. The van der Waals surface area contributed by atoms with Crippen molar-refractivity contribution in [2.24, 2.45) is 22.9 Å². The molecule has 2 aliphatic heterocycles. The van der Waals surface area contributed by atoms with Crippen molar-refractivity contribution in [1.29, 1.82) is 0 Å². The molecule has 2 fully saturated rings. The second-order valence-electron chi connectivity index (χ2n) is 9.26. The number of aliphatic hydroxyl groups is 3. The molecule has 0 amide bonds. The Morgan fingerprint density at radius 1 is 1.08 bits per heavy atom. The average Bonchev–Trinajstić information content (AvgIpc) is 2.75. The van der Waals surface area contributed by atoms with Crippen LogP contribution in [0.3, 0.4) is 0 Å². The lowest BCUT2D eigenvalue weighted by molar-refractivity contribution is -0.303. The number of nitrogens with two attached hydrogens (primary N) is 4. The normalized spacial score (nSPS) is 43.6. The van der Waals surface area contributed by atoms with Crippen molar-refractivity contribution in [3.8, 4) is 0 Å². The largest absolute Gasteiger partial charge is 0.467 e. The minimum Gasteiger partial charge on any atom is -0.467 e. The van der Waals surface area contributed by atoms with Crippen LogP contribution in [0.5, 0.6) is 0 Å². The van der Waals surface area contributed by atoms with Gasteiger partial charge in [-0.3, -0.25) is 9.11 Å². The van der Waals surface area contributed by atoms with Gasteiger partial charge < -0.3 is 62.5 Å². The Balaban J connectivity index is 0.000000830. The third kappa shape index (κ3) is 8.23. The van der Waals surface area contributed by atoms with Crippen LogP contribution in [-0.4, -0.2) is 120 Å². The van der Waals surface area contributed by atoms with E-state index in [0.717, 1.165) is 0 Å². The maximum absolute atomic E-state index is 11.0. The summed E-state index contributed by atoms with van der Waals surface area (Å²) in [7, 11) is -3.05. The molecule has 36 heavy (non-hydrogen) atoms. The summed E-state index contributed by atoms with van der Waals surface area (Å²) in [5.74, 6) is 0.555. The number of aliphatic hydroxyl groups excluding tert-OH is 2. The molecule has 212 valence electrons. The SMILES string of the molecule is CN[C@@H]1[C@@H](O)[C@@H](O[C@@H]2[C@@H](O)[C@H](O[C@H]3OC(CN)=CC[C@H]3N)[C@@H](N)C[C@H]2N)OC[C@]1(C)O.O=S(=O)(O)O. The minimum atomic E-state index is -4.67. The Hall–Kier alpha value is -1.03. The molecule has 1 saturated heterocycles. The van der Waals surface area contributed by atoms with Gasteiger partial charge in [-0.15, -0.1) is 0 Å². The van der Waals surface area contributed by atoms with Crippen molar-refractivity contribution < 1.29 is 51.8 Å². The minimum absolute atomic E-state index is 0.0727. The standard InChI is InChI=1S/C19H37N5O7.H2O4S/c1-19(27)7-28-18(13(26)16(19)24-2)31-15-11(23)5-10(22)14(12(15)25)30-17-9(21)4-3-8(6-20)29-17;1-5(2,3)4/h3,9-18,24-27H,4-7,20-23H2,1-2H3;(H2,1,2,3,4)/t9-,10+,11-,12+,13-,14-,15+,16-,17-,18-,19+;/m1./s1. The third-order valence-electron chi connectivity index (χ3n) is 6.22. The number of ether oxygens (including phenoxy) is 4. The first-order valence-electron chi connectivity index (χ1n) is 11.3. The lowest BCUT2D eigenvalue weighted by Crippen LogP contribution is -2.68. The molecule has 11 atom stereocenters. The van der Waals surface area contributed by atoms with Crippen LogP contribution in [0.15, 0.2) is 11.8 Å². The van der Waals surface area contributed by atoms with Gasteiger partial charge in [-0.25, -0.2) is 0 Å². The van der Waals surface area contributed by atoms with E-state index >= 15 is 0 Å². The van der Waals surface area contributed by atoms with Crippen LogP contribution in [0.1, 0.15) is 19.8 Å². The number of hydrogen-bond acceptors (Lipinski definition) is 14. The van der Waals surface area contributed by atoms with Gasteiger partial charge in [0.1, 0.15) is 35.8 Å². The summed E-state index contributed by atoms with van der Waals surface area (Å²) in [6, 6.07) is -2.37. The van der Waals surface area contributed by atoms with E-state index in [1.165, 1.54) is 0 Å². The Labute approximate surface area is 209 Å². The molecule has 16 nitrogen and oxygen atoms in total. The molecule has 1 saturated carbocycles. The number of likely N-dealkylation sites (N-methyl/N-ethyl adjacent to an activating group) is 1. The highest BCUT2D eigenvalue weighted by molar-refractivity contribution is 7.79. The fraction of sp³-hybridized carbons (Fsp3) is 0.895. The van der Waals surface area contributed by atoms with Crippen molar-refractivity contribution in [1.82, 2.24) is 5.32 Å². The van der Waals surface area contributed by atoms with Crippen LogP contribution < -0.4 is 28.3 Å². The van der Waals surface area contributed by atoms with Crippen molar-refractivity contribution in [3.05, 3.63) is 11.8 Å². The highest BCUT2D eigenvalue weighted by Gasteiger charge is 2.50. The van der Waals surface area contributed by atoms with Crippen molar-refractivity contribution in [2.75, 3.05) is 20.2 Å². The van der Waals surface area contributed by atoms with Gasteiger partial charge in [0.2, 0.25) is 6.29 Å². The van der Waals surface area contributed by atoms with Gasteiger partial charge in [0.15, 0.2) is 6.29 Å². The Morgan fingerprint density at radius 3 is 2.11 bits per heavy atom. The van der Waals surface area contributed by atoms with Gasteiger partial charge in [0.25, 0.3) is 0 Å². The van der Waals surface area contributed by atoms with Crippen molar-refractivity contribution in [2.45, 2.75) is 86.5 Å². The Morgan fingerprint density at radius 2 is 1.61 bits per heavy atom. The summed E-state index contributed by atoms with van der Waals surface area (Å²) in [5, 5.41) is 34.9. The maximum Gasteiger partial charge on any atom is 0.394 e. The second-order valence-corrected chi connectivity index (χ2v) is 10.2. The van der Waals surface area contributed by atoms with E-state index in [2.05, 4.69) is 5.32 Å². The van der Waals surface area contributed by atoms with Crippen molar-refractivity contribution >= 4 is 10.4 Å². The predicted octanol–water partition coefficient (Wildman–Crippen LogP) is -4.50. The molecule has 17 heteroatoms. The van der Waals surface area contributed by atoms with Crippen LogP contribution in [0.25, 0.3) is 0 Å². The van der Waals surface area contributed by atoms with Gasteiger partial charge in [0, 0.05) is 12.1 Å². The van der Waals surface area contributed by atoms with Gasteiger partial charge in [0.05, 0.1) is 25.2 Å². The van der Waals surface area contributed by atoms with E-state index in [1.807, 2.05) is 0 Å². The molecule has 0 bridgehead atoms. The predicted molar refractivity (Wildman–Crippen MR) is 124 cm³/mol. The molecule has 2 heterocycles. The fourth-order valence-electron chi connectivity index (χ4n) is 4.44. The molecule has 3 rings (SSSR count). The summed E-state index contributed by atoms with van der Waals surface area (Å²) in [6.07, 6.45) is -3.56. The Bertz CT molecular complexity index is 840. The van der Waals surface area contributed by atoms with Crippen LogP contribution in [0, 0.1) is 0 Å². The summed E-state index contributed by atoms with van der Waals surface area (Å²) in [4.78, 5) is 0. The topological polar surface area (TPSA) is 288 Å². The van der Waals surface area contributed by atoms with Crippen LogP contribution in [0.2, 0.25) is 0 Å². The average molecular weight is 546 g/mol. The maximum atomic E-state index is 11.0.